The molecule has 1 atom stereocenters. The number of benzene rings is 2. The molecule has 0 bridgehead atoms. The number of methoxy groups -OCH3 is 2. The summed E-state index contributed by atoms with van der Waals surface area (Å²) in [6.07, 6.45) is 1.66. The van der Waals surface area contributed by atoms with Crippen molar-refractivity contribution in [3.05, 3.63) is 53.6 Å². The van der Waals surface area contributed by atoms with E-state index >= 15 is 0 Å². The zero-order chi connectivity index (χ0) is 17.5. The van der Waals surface area contributed by atoms with Gasteiger partial charge in [-0.1, -0.05) is 18.2 Å². The predicted octanol–water partition coefficient (Wildman–Crippen LogP) is 2.35. The molecule has 0 heterocycles. The Kier molecular flexibility index (Phi) is 5.78. The van der Waals surface area contributed by atoms with E-state index in [-0.39, 0.29) is 12.4 Å². The molecule has 125 valence electrons. The Morgan fingerprint density at radius 3 is 2.33 bits per heavy atom. The topological polar surface area (TPSA) is 82.1 Å². The number of hydrogen-bond acceptors (Lipinski definition) is 6. The number of aromatic hydroxyl groups is 1. The largest absolute Gasteiger partial charge is 0.508 e. The lowest BCUT2D eigenvalue weighted by atomic mass is 10.0. The van der Waals surface area contributed by atoms with Crippen molar-refractivity contribution in [2.24, 2.45) is 0 Å². The third kappa shape index (κ3) is 4.04. The van der Waals surface area contributed by atoms with Gasteiger partial charge in [-0.15, -0.1) is 0 Å². The van der Waals surface area contributed by atoms with Gasteiger partial charge in [0.2, 0.25) is 6.29 Å². The Morgan fingerprint density at radius 1 is 1.08 bits per heavy atom. The van der Waals surface area contributed by atoms with Crippen molar-refractivity contribution in [3.8, 4) is 17.2 Å². The normalized spacial score (nSPS) is 11.4. The number of carbonyl (C=O) groups excluding carboxylic acids is 2. The van der Waals surface area contributed by atoms with Crippen LogP contribution in [0.5, 0.6) is 17.2 Å². The van der Waals surface area contributed by atoms with E-state index in [1.54, 1.807) is 24.5 Å². The van der Waals surface area contributed by atoms with E-state index in [1.165, 1.54) is 38.5 Å². The maximum atomic E-state index is 12.1. The Balaban J connectivity index is 2.06. The molecule has 2 rings (SSSR count). The lowest BCUT2D eigenvalue weighted by Gasteiger charge is -2.12. The minimum Gasteiger partial charge on any atom is -0.508 e. The number of esters is 1. The van der Waals surface area contributed by atoms with Crippen LogP contribution < -0.4 is 9.47 Å². The molecular weight excluding hydrogens is 312 g/mol. The standard InChI is InChI=1S/C18H17O6/c1-22-16-8-3-12(9-17(16)23-2)11-24-18(21)15(10-19)13-4-6-14(20)7-5-13/h3-9,15,20H,11H2,1-2H3. The molecule has 0 amide bonds. The molecule has 0 aliphatic heterocycles. The first kappa shape index (κ1) is 17.3. The summed E-state index contributed by atoms with van der Waals surface area (Å²) in [6, 6.07) is 10.8. The monoisotopic (exact) mass is 329 g/mol. The van der Waals surface area contributed by atoms with Gasteiger partial charge in [0.05, 0.1) is 14.2 Å². The number of ether oxygens (including phenoxy) is 3. The fourth-order valence-corrected chi connectivity index (χ4v) is 2.13. The van der Waals surface area contributed by atoms with Gasteiger partial charge in [-0.3, -0.25) is 9.59 Å². The summed E-state index contributed by atoms with van der Waals surface area (Å²) < 4.78 is 15.5. The molecule has 1 unspecified atom stereocenters. The van der Waals surface area contributed by atoms with Crippen LogP contribution in [0.2, 0.25) is 0 Å². The minimum atomic E-state index is -1.16. The van der Waals surface area contributed by atoms with Crippen molar-refractivity contribution < 1.29 is 28.9 Å². The number of phenols is 1. The highest BCUT2D eigenvalue weighted by molar-refractivity contribution is 5.94. The van der Waals surface area contributed by atoms with E-state index in [0.717, 1.165) is 0 Å². The minimum absolute atomic E-state index is 0.0184. The molecule has 0 saturated heterocycles. The van der Waals surface area contributed by atoms with Gasteiger partial charge in [-0.25, -0.2) is 0 Å². The fourth-order valence-electron chi connectivity index (χ4n) is 2.13. The Bertz CT molecular complexity index is 708. The van der Waals surface area contributed by atoms with Crippen molar-refractivity contribution >= 4 is 12.3 Å². The summed E-state index contributed by atoms with van der Waals surface area (Å²) in [5, 5.41) is 9.26. The summed E-state index contributed by atoms with van der Waals surface area (Å²) in [6.45, 7) is -0.0184. The quantitative estimate of drug-likeness (QED) is 0.620. The molecule has 6 heteroatoms. The summed E-state index contributed by atoms with van der Waals surface area (Å²) >= 11 is 0. The van der Waals surface area contributed by atoms with Crippen LogP contribution in [0, 0.1) is 0 Å². The maximum absolute atomic E-state index is 12.1. The second-order valence-corrected chi connectivity index (χ2v) is 4.94. The van der Waals surface area contributed by atoms with E-state index in [1.807, 2.05) is 0 Å². The first-order chi connectivity index (χ1) is 11.6. The van der Waals surface area contributed by atoms with E-state index in [0.29, 0.717) is 22.6 Å². The van der Waals surface area contributed by atoms with Crippen LogP contribution >= 0.6 is 0 Å². The third-order valence-corrected chi connectivity index (χ3v) is 3.41. The molecule has 1 N–H and O–H groups in total. The van der Waals surface area contributed by atoms with Gasteiger partial charge in [0.25, 0.3) is 0 Å². The molecule has 0 aromatic heterocycles. The van der Waals surface area contributed by atoms with Crippen LogP contribution in [0.1, 0.15) is 17.0 Å². The molecule has 6 nitrogen and oxygen atoms in total. The molecule has 0 fully saturated rings. The average Bonchev–Trinajstić information content (AvgIpc) is 2.61. The molecule has 1 radical (unpaired) electrons. The number of rotatable bonds is 7. The fraction of sp³-hybridized carbons (Fsp3) is 0.222. The van der Waals surface area contributed by atoms with Crippen LogP contribution in [0.4, 0.5) is 0 Å². The van der Waals surface area contributed by atoms with Crippen molar-refractivity contribution in [1.29, 1.82) is 0 Å². The zero-order valence-corrected chi connectivity index (χ0v) is 13.3. The zero-order valence-electron chi connectivity index (χ0n) is 13.3. The molecule has 2 aromatic carbocycles. The van der Waals surface area contributed by atoms with Crippen LogP contribution in [-0.2, 0) is 20.9 Å². The van der Waals surface area contributed by atoms with Crippen molar-refractivity contribution in [1.82, 2.24) is 0 Å². The molecule has 0 spiro atoms. The third-order valence-electron chi connectivity index (χ3n) is 3.41. The first-order valence-corrected chi connectivity index (χ1v) is 7.13. The van der Waals surface area contributed by atoms with Gasteiger partial charge in [0.15, 0.2) is 11.5 Å². The summed E-state index contributed by atoms with van der Waals surface area (Å²) in [5.41, 5.74) is 1.09. The van der Waals surface area contributed by atoms with Crippen molar-refractivity contribution in [2.75, 3.05) is 14.2 Å². The van der Waals surface area contributed by atoms with Gasteiger partial charge in [0.1, 0.15) is 18.3 Å². The lowest BCUT2D eigenvalue weighted by Crippen LogP contribution is -2.17. The van der Waals surface area contributed by atoms with Gasteiger partial charge in [-0.05, 0) is 35.4 Å². The predicted molar refractivity (Wildman–Crippen MR) is 85.9 cm³/mol. The van der Waals surface area contributed by atoms with Crippen LogP contribution in [-0.4, -0.2) is 31.6 Å². The van der Waals surface area contributed by atoms with Crippen LogP contribution in [0.25, 0.3) is 0 Å². The van der Waals surface area contributed by atoms with Gasteiger partial charge < -0.3 is 19.3 Å². The molecule has 0 aliphatic rings. The van der Waals surface area contributed by atoms with Crippen LogP contribution in [0.3, 0.4) is 0 Å². The summed E-state index contributed by atoms with van der Waals surface area (Å²) in [5.74, 6) is -0.753. The molecular formula is C18H17O6. The molecule has 2 aromatic rings. The Labute approximate surface area is 139 Å². The first-order valence-electron chi connectivity index (χ1n) is 7.13. The maximum Gasteiger partial charge on any atom is 0.321 e. The smallest absolute Gasteiger partial charge is 0.321 e. The summed E-state index contributed by atoms with van der Waals surface area (Å²) in [7, 11) is 3.04. The lowest BCUT2D eigenvalue weighted by molar-refractivity contribution is -0.145. The number of hydrogen-bond donors (Lipinski definition) is 1. The highest BCUT2D eigenvalue weighted by Crippen LogP contribution is 2.28. The van der Waals surface area contributed by atoms with Gasteiger partial charge >= 0.3 is 5.97 Å². The SMILES string of the molecule is COc1ccc(COC(=O)C([C]=O)c2ccc(O)cc2)cc1OC. The second kappa shape index (κ2) is 8.01. The highest BCUT2D eigenvalue weighted by atomic mass is 16.5. The second-order valence-electron chi connectivity index (χ2n) is 4.94. The molecule has 0 saturated carbocycles. The number of phenolic OH excluding ortho intramolecular Hbond substituents is 1. The highest BCUT2D eigenvalue weighted by Gasteiger charge is 2.23. The van der Waals surface area contributed by atoms with Gasteiger partial charge in [-0.2, -0.15) is 0 Å². The number of carbonyl (C=O) groups is 1. The van der Waals surface area contributed by atoms with Crippen molar-refractivity contribution in [2.45, 2.75) is 12.5 Å². The van der Waals surface area contributed by atoms with E-state index in [2.05, 4.69) is 0 Å². The van der Waals surface area contributed by atoms with Crippen molar-refractivity contribution in [3.63, 3.8) is 0 Å². The molecule has 0 aliphatic carbocycles. The Hall–Kier alpha value is -3.02. The van der Waals surface area contributed by atoms with E-state index < -0.39 is 11.9 Å². The van der Waals surface area contributed by atoms with Crippen LogP contribution in [0.15, 0.2) is 42.5 Å². The van der Waals surface area contributed by atoms with Gasteiger partial charge in [0, 0.05) is 0 Å². The Morgan fingerprint density at radius 2 is 1.75 bits per heavy atom. The summed E-state index contributed by atoms with van der Waals surface area (Å²) in [4.78, 5) is 23.2. The van der Waals surface area contributed by atoms with E-state index in [9.17, 15) is 14.7 Å². The van der Waals surface area contributed by atoms with E-state index in [4.69, 9.17) is 14.2 Å². The average molecular weight is 329 g/mol. The molecule has 24 heavy (non-hydrogen) atoms.